The maximum absolute atomic E-state index is 13.0. The van der Waals surface area contributed by atoms with Gasteiger partial charge in [0.05, 0.1) is 25.3 Å². The van der Waals surface area contributed by atoms with Crippen LogP contribution in [0.3, 0.4) is 0 Å². The molecule has 2 rings (SSSR count). The van der Waals surface area contributed by atoms with Crippen LogP contribution in [0.2, 0.25) is 0 Å². The van der Waals surface area contributed by atoms with Crippen LogP contribution in [0.5, 0.6) is 0 Å². The quantitative estimate of drug-likeness (QED) is 0.650. The van der Waals surface area contributed by atoms with Gasteiger partial charge in [-0.2, -0.15) is 0 Å². The van der Waals surface area contributed by atoms with Gasteiger partial charge in [0.2, 0.25) is 0 Å². The van der Waals surface area contributed by atoms with Crippen molar-refractivity contribution in [2.45, 2.75) is 31.2 Å². The van der Waals surface area contributed by atoms with E-state index in [-0.39, 0.29) is 22.7 Å². The molecule has 0 atom stereocenters. The molecule has 0 spiro atoms. The van der Waals surface area contributed by atoms with E-state index in [1.165, 1.54) is 36.4 Å². The highest BCUT2D eigenvalue weighted by molar-refractivity contribution is 7.92. The van der Waals surface area contributed by atoms with Gasteiger partial charge in [-0.3, -0.25) is 9.52 Å². The molecule has 0 aromatic heterocycles. The zero-order chi connectivity index (χ0) is 23.4. The van der Waals surface area contributed by atoms with Crippen molar-refractivity contribution in [2.75, 3.05) is 18.9 Å². The van der Waals surface area contributed by atoms with Crippen LogP contribution in [0.15, 0.2) is 47.4 Å². The van der Waals surface area contributed by atoms with Gasteiger partial charge >= 0.3 is 11.9 Å². The average molecular weight is 448 g/mol. The van der Waals surface area contributed by atoms with Crippen molar-refractivity contribution >= 4 is 33.6 Å². The van der Waals surface area contributed by atoms with Crippen molar-refractivity contribution in [3.63, 3.8) is 0 Å². The molecule has 0 heterocycles. The number of nitrogens with one attached hydrogen (secondary N) is 2. The number of sulfonamides is 1. The van der Waals surface area contributed by atoms with E-state index in [0.29, 0.717) is 5.56 Å². The van der Waals surface area contributed by atoms with Crippen LogP contribution in [-0.2, 0) is 19.5 Å². The van der Waals surface area contributed by atoms with Crippen molar-refractivity contribution in [2.24, 2.45) is 0 Å². The Kier molecular flexibility index (Phi) is 7.06. The monoisotopic (exact) mass is 448 g/mol. The molecule has 2 aromatic carbocycles. The highest BCUT2D eigenvalue weighted by Gasteiger charge is 2.25. The second-order valence-corrected chi connectivity index (χ2v) is 9.23. The summed E-state index contributed by atoms with van der Waals surface area (Å²) in [7, 11) is -2.02. The second kappa shape index (κ2) is 9.17. The number of hydrogen-bond donors (Lipinski definition) is 2. The smallest absolute Gasteiger partial charge is 0.339 e. The number of esters is 2. The lowest BCUT2D eigenvalue weighted by Gasteiger charge is -2.20. The predicted molar refractivity (Wildman–Crippen MR) is 114 cm³/mol. The van der Waals surface area contributed by atoms with Gasteiger partial charge in [-0.25, -0.2) is 18.0 Å². The molecular weight excluding hydrogens is 424 g/mol. The Morgan fingerprint density at radius 3 is 1.90 bits per heavy atom. The number of carbonyl (C=O) groups excluding carboxylic acids is 3. The number of anilines is 1. The second-order valence-electron chi connectivity index (χ2n) is 7.58. The summed E-state index contributed by atoms with van der Waals surface area (Å²) in [6, 6.07) is 9.22. The van der Waals surface area contributed by atoms with E-state index < -0.39 is 32.4 Å². The fraction of sp³-hybridized carbons (Fsp3) is 0.286. The van der Waals surface area contributed by atoms with E-state index in [0.717, 1.165) is 20.3 Å². The van der Waals surface area contributed by atoms with Crippen LogP contribution in [0, 0.1) is 0 Å². The van der Waals surface area contributed by atoms with Crippen LogP contribution in [0.4, 0.5) is 5.69 Å². The summed E-state index contributed by atoms with van der Waals surface area (Å²) in [5, 5.41) is 2.80. The minimum absolute atomic E-state index is 0.0512. The standard InChI is InChI=1S/C21H24N2O7S/c1-21(2,3)22-18(24)13-6-9-15(10-7-13)23-31(27,28)17-12-14(19(25)29-4)8-11-16(17)20(26)30-5/h6-12,23H,1-5H3,(H,22,24). The zero-order valence-electron chi connectivity index (χ0n) is 17.8. The van der Waals surface area contributed by atoms with Crippen LogP contribution in [0.1, 0.15) is 51.8 Å². The van der Waals surface area contributed by atoms with Gasteiger partial charge in [0.15, 0.2) is 0 Å². The minimum Gasteiger partial charge on any atom is -0.465 e. The van der Waals surface area contributed by atoms with E-state index in [1.807, 2.05) is 20.8 Å². The Bertz CT molecular complexity index is 1100. The summed E-state index contributed by atoms with van der Waals surface area (Å²) in [6.45, 7) is 5.53. The van der Waals surface area contributed by atoms with E-state index >= 15 is 0 Å². The normalized spacial score (nSPS) is 11.4. The molecule has 0 bridgehead atoms. The Hall–Kier alpha value is -3.40. The van der Waals surface area contributed by atoms with Crippen LogP contribution >= 0.6 is 0 Å². The zero-order valence-corrected chi connectivity index (χ0v) is 18.6. The third-order valence-corrected chi connectivity index (χ3v) is 5.41. The molecule has 0 radical (unpaired) electrons. The van der Waals surface area contributed by atoms with Crippen LogP contribution in [0.25, 0.3) is 0 Å². The van der Waals surface area contributed by atoms with Crippen molar-refractivity contribution in [1.82, 2.24) is 5.32 Å². The maximum atomic E-state index is 13.0. The first-order valence-corrected chi connectivity index (χ1v) is 10.6. The Morgan fingerprint density at radius 1 is 0.839 bits per heavy atom. The molecule has 166 valence electrons. The summed E-state index contributed by atoms with van der Waals surface area (Å²) < 4.78 is 37.5. The van der Waals surface area contributed by atoms with Crippen molar-refractivity contribution in [3.05, 3.63) is 59.2 Å². The molecule has 0 fully saturated rings. The number of hydrogen-bond acceptors (Lipinski definition) is 7. The van der Waals surface area contributed by atoms with Gasteiger partial charge in [0.25, 0.3) is 15.9 Å². The van der Waals surface area contributed by atoms with Gasteiger partial charge in [-0.05, 0) is 63.2 Å². The fourth-order valence-electron chi connectivity index (χ4n) is 2.58. The van der Waals surface area contributed by atoms with E-state index in [2.05, 4.69) is 19.5 Å². The average Bonchev–Trinajstić information content (AvgIpc) is 2.71. The molecule has 1 amide bonds. The minimum atomic E-state index is -4.28. The number of carbonyl (C=O) groups is 3. The number of benzene rings is 2. The van der Waals surface area contributed by atoms with Gasteiger partial charge in [0, 0.05) is 16.8 Å². The van der Waals surface area contributed by atoms with Crippen molar-refractivity contribution in [1.29, 1.82) is 0 Å². The molecular formula is C21H24N2O7S. The molecule has 9 nitrogen and oxygen atoms in total. The highest BCUT2D eigenvalue weighted by atomic mass is 32.2. The summed E-state index contributed by atoms with van der Waals surface area (Å²) in [4.78, 5) is 35.6. The van der Waals surface area contributed by atoms with Gasteiger partial charge in [-0.1, -0.05) is 0 Å². The maximum Gasteiger partial charge on any atom is 0.339 e. The first kappa shape index (κ1) is 23.9. The lowest BCUT2D eigenvalue weighted by Crippen LogP contribution is -2.40. The predicted octanol–water partition coefficient (Wildman–Crippen LogP) is 2.59. The Morgan fingerprint density at radius 2 is 1.39 bits per heavy atom. The van der Waals surface area contributed by atoms with Crippen LogP contribution in [-0.4, -0.2) is 46.0 Å². The third-order valence-electron chi connectivity index (χ3n) is 3.99. The molecule has 10 heteroatoms. The summed E-state index contributed by atoms with van der Waals surface area (Å²) >= 11 is 0. The number of rotatable bonds is 6. The first-order chi connectivity index (χ1) is 14.4. The molecule has 0 aliphatic heterocycles. The molecule has 0 aliphatic rings. The topological polar surface area (TPSA) is 128 Å². The molecule has 2 N–H and O–H groups in total. The van der Waals surface area contributed by atoms with Gasteiger partial charge < -0.3 is 14.8 Å². The summed E-state index contributed by atoms with van der Waals surface area (Å²) in [5.41, 5.74) is -0.215. The van der Waals surface area contributed by atoms with E-state index in [9.17, 15) is 22.8 Å². The lowest BCUT2D eigenvalue weighted by atomic mass is 10.1. The van der Waals surface area contributed by atoms with E-state index in [4.69, 9.17) is 0 Å². The Balaban J connectivity index is 2.38. The van der Waals surface area contributed by atoms with E-state index in [1.54, 1.807) is 0 Å². The molecule has 31 heavy (non-hydrogen) atoms. The van der Waals surface area contributed by atoms with Crippen molar-refractivity contribution in [3.8, 4) is 0 Å². The SMILES string of the molecule is COC(=O)c1ccc(C(=O)OC)c(S(=O)(=O)Nc2ccc(C(=O)NC(C)(C)C)cc2)c1. The lowest BCUT2D eigenvalue weighted by molar-refractivity contribution is 0.0583. The number of ether oxygens (including phenoxy) is 2. The first-order valence-electron chi connectivity index (χ1n) is 9.14. The largest absolute Gasteiger partial charge is 0.465 e. The summed E-state index contributed by atoms with van der Waals surface area (Å²) in [6.07, 6.45) is 0. The highest BCUT2D eigenvalue weighted by Crippen LogP contribution is 2.23. The Labute approximate surface area is 180 Å². The molecule has 0 unspecified atom stereocenters. The number of amides is 1. The van der Waals surface area contributed by atoms with Crippen molar-refractivity contribution < 1.29 is 32.3 Å². The summed E-state index contributed by atoms with van der Waals surface area (Å²) in [5.74, 6) is -1.95. The molecule has 0 aliphatic carbocycles. The van der Waals surface area contributed by atoms with Gasteiger partial charge in [-0.15, -0.1) is 0 Å². The molecule has 0 saturated carbocycles. The molecule has 2 aromatic rings. The number of methoxy groups -OCH3 is 2. The fourth-order valence-corrected chi connectivity index (χ4v) is 3.86. The van der Waals surface area contributed by atoms with Gasteiger partial charge in [0.1, 0.15) is 4.90 Å². The molecule has 0 saturated heterocycles. The third kappa shape index (κ3) is 6.05. The van der Waals surface area contributed by atoms with Crippen LogP contribution < -0.4 is 10.0 Å².